The fraction of sp³-hybridized carbons (Fsp3) is 0.188. The number of carbonyl (C=O) groups excluding carboxylic acids is 1. The number of carbonyl (C=O) groups is 2. The maximum atomic E-state index is 12.8. The second-order valence-electron chi connectivity index (χ2n) is 10.0. The van der Waals surface area contributed by atoms with Crippen molar-refractivity contribution in [1.82, 2.24) is 5.32 Å². The Morgan fingerprint density at radius 2 is 1.17 bits per heavy atom. The first-order valence-electron chi connectivity index (χ1n) is 12.1. The van der Waals surface area contributed by atoms with E-state index in [9.17, 15) is 14.7 Å². The van der Waals surface area contributed by atoms with E-state index in [1.165, 1.54) is 5.56 Å². The highest BCUT2D eigenvalue weighted by Gasteiger charge is 2.21. The first-order valence-corrected chi connectivity index (χ1v) is 12.1. The van der Waals surface area contributed by atoms with Crippen LogP contribution in [-0.2, 0) is 16.6 Å². The van der Waals surface area contributed by atoms with Gasteiger partial charge in [0.2, 0.25) is 0 Å². The summed E-state index contributed by atoms with van der Waals surface area (Å²) in [4.78, 5) is 24.7. The van der Waals surface area contributed by atoms with Gasteiger partial charge in [-0.2, -0.15) is 0 Å². The Bertz CT molecular complexity index is 1320. The summed E-state index contributed by atoms with van der Waals surface area (Å²) >= 11 is 0. The third kappa shape index (κ3) is 6.08. The third-order valence-corrected chi connectivity index (χ3v) is 6.34. The highest BCUT2D eigenvalue weighted by molar-refractivity contribution is 5.97. The van der Waals surface area contributed by atoms with Crippen molar-refractivity contribution >= 4 is 11.9 Å². The van der Waals surface area contributed by atoms with Gasteiger partial charge in [0.15, 0.2) is 0 Å². The van der Waals surface area contributed by atoms with Gasteiger partial charge in [-0.25, -0.2) is 4.79 Å². The zero-order valence-electron chi connectivity index (χ0n) is 20.9. The van der Waals surface area contributed by atoms with Crippen LogP contribution in [0, 0.1) is 0 Å². The van der Waals surface area contributed by atoms with E-state index >= 15 is 0 Å². The van der Waals surface area contributed by atoms with E-state index in [1.54, 1.807) is 12.1 Å². The SMILES string of the molecule is CC(C)(C)c1ccc(-c2ccc(C(=O)NC(Cc3ccc(-c4ccccc4)cc3)C(=O)O)cc2)cc1. The number of amides is 1. The fourth-order valence-electron chi connectivity index (χ4n) is 4.12. The molecule has 1 amide bonds. The van der Waals surface area contributed by atoms with Gasteiger partial charge in [0.25, 0.3) is 5.91 Å². The molecule has 0 saturated heterocycles. The van der Waals surface area contributed by atoms with Crippen molar-refractivity contribution < 1.29 is 14.7 Å². The van der Waals surface area contributed by atoms with Gasteiger partial charge < -0.3 is 10.4 Å². The first-order chi connectivity index (χ1) is 17.2. The van der Waals surface area contributed by atoms with Crippen LogP contribution in [0.5, 0.6) is 0 Å². The van der Waals surface area contributed by atoms with E-state index < -0.39 is 17.9 Å². The van der Waals surface area contributed by atoms with Crippen LogP contribution >= 0.6 is 0 Å². The maximum Gasteiger partial charge on any atom is 0.326 e. The molecule has 36 heavy (non-hydrogen) atoms. The van der Waals surface area contributed by atoms with Crippen LogP contribution in [0.15, 0.2) is 103 Å². The molecule has 2 N–H and O–H groups in total. The van der Waals surface area contributed by atoms with Crippen LogP contribution in [-0.4, -0.2) is 23.0 Å². The highest BCUT2D eigenvalue weighted by atomic mass is 16.4. The van der Waals surface area contributed by atoms with Gasteiger partial charge in [-0.05, 0) is 50.9 Å². The zero-order chi connectivity index (χ0) is 25.7. The number of nitrogens with one attached hydrogen (secondary N) is 1. The van der Waals surface area contributed by atoms with E-state index in [0.717, 1.165) is 27.8 Å². The minimum Gasteiger partial charge on any atom is -0.480 e. The van der Waals surface area contributed by atoms with Gasteiger partial charge >= 0.3 is 5.97 Å². The summed E-state index contributed by atoms with van der Waals surface area (Å²) in [6, 6.07) is 32.4. The molecule has 0 aliphatic heterocycles. The molecule has 0 aliphatic carbocycles. The molecule has 4 aromatic carbocycles. The van der Waals surface area contributed by atoms with Crippen LogP contribution in [0.4, 0.5) is 0 Å². The van der Waals surface area contributed by atoms with Crippen molar-refractivity contribution in [2.75, 3.05) is 0 Å². The van der Waals surface area contributed by atoms with Crippen molar-refractivity contribution in [2.24, 2.45) is 0 Å². The van der Waals surface area contributed by atoms with Crippen molar-refractivity contribution in [1.29, 1.82) is 0 Å². The Labute approximate surface area is 212 Å². The minimum absolute atomic E-state index is 0.0884. The number of hydrogen-bond acceptors (Lipinski definition) is 2. The number of benzene rings is 4. The average molecular weight is 478 g/mol. The minimum atomic E-state index is -1.06. The second-order valence-corrected chi connectivity index (χ2v) is 10.0. The standard InChI is InChI=1S/C32H31NO3/c1-32(2,3)28-19-17-26(18-20-28)25-13-15-27(16-14-25)30(34)33-29(31(35)36)21-22-9-11-24(12-10-22)23-7-5-4-6-8-23/h4-20,29H,21H2,1-3H3,(H,33,34)(H,35,36). The molecule has 0 bridgehead atoms. The quantitative estimate of drug-likeness (QED) is 0.310. The Hall–Kier alpha value is -4.18. The van der Waals surface area contributed by atoms with Crippen molar-refractivity contribution in [3.05, 3.63) is 120 Å². The van der Waals surface area contributed by atoms with Crippen molar-refractivity contribution in [3.63, 3.8) is 0 Å². The van der Waals surface area contributed by atoms with Crippen LogP contribution < -0.4 is 5.32 Å². The molecule has 1 atom stereocenters. The molecule has 0 heterocycles. The molecule has 182 valence electrons. The smallest absolute Gasteiger partial charge is 0.326 e. The molecule has 0 saturated carbocycles. The summed E-state index contributed by atoms with van der Waals surface area (Å²) in [6.07, 6.45) is 0.203. The Balaban J connectivity index is 1.42. The van der Waals surface area contributed by atoms with Gasteiger partial charge in [0, 0.05) is 12.0 Å². The summed E-state index contributed by atoms with van der Waals surface area (Å²) in [5, 5.41) is 12.4. The molecule has 4 heteroatoms. The van der Waals surface area contributed by atoms with Gasteiger partial charge in [-0.15, -0.1) is 0 Å². The van der Waals surface area contributed by atoms with Crippen LogP contribution in [0.25, 0.3) is 22.3 Å². The van der Waals surface area contributed by atoms with Crippen LogP contribution in [0.1, 0.15) is 42.3 Å². The second kappa shape index (κ2) is 10.6. The van der Waals surface area contributed by atoms with E-state index in [2.05, 4.69) is 50.4 Å². The molecule has 4 rings (SSSR count). The molecule has 1 unspecified atom stereocenters. The summed E-state index contributed by atoms with van der Waals surface area (Å²) in [5.41, 5.74) is 6.84. The summed E-state index contributed by atoms with van der Waals surface area (Å²) in [7, 11) is 0. The summed E-state index contributed by atoms with van der Waals surface area (Å²) < 4.78 is 0. The molecule has 4 nitrogen and oxygen atoms in total. The zero-order valence-corrected chi connectivity index (χ0v) is 20.9. The van der Waals surface area contributed by atoms with E-state index in [4.69, 9.17) is 0 Å². The van der Waals surface area contributed by atoms with E-state index in [1.807, 2.05) is 66.7 Å². The lowest BCUT2D eigenvalue weighted by molar-refractivity contribution is -0.139. The Morgan fingerprint density at radius 1 is 0.694 bits per heavy atom. The third-order valence-electron chi connectivity index (χ3n) is 6.34. The Kier molecular flexibility index (Phi) is 7.35. The van der Waals surface area contributed by atoms with Gasteiger partial charge in [0.1, 0.15) is 6.04 Å². The number of carboxylic acids is 1. The molecule has 0 radical (unpaired) electrons. The molecule has 0 aromatic heterocycles. The Morgan fingerprint density at radius 3 is 1.67 bits per heavy atom. The topological polar surface area (TPSA) is 66.4 Å². The average Bonchev–Trinajstić information content (AvgIpc) is 2.89. The van der Waals surface area contributed by atoms with E-state index in [-0.39, 0.29) is 11.8 Å². The normalized spacial score (nSPS) is 12.1. The first kappa shape index (κ1) is 24.9. The molecular weight excluding hydrogens is 446 g/mol. The lowest BCUT2D eigenvalue weighted by atomic mass is 9.86. The lowest BCUT2D eigenvalue weighted by Gasteiger charge is -2.19. The predicted molar refractivity (Wildman–Crippen MR) is 145 cm³/mol. The predicted octanol–water partition coefficient (Wildman–Crippen LogP) is 6.74. The molecular formula is C32H31NO3. The number of rotatable bonds is 7. The molecule has 0 fully saturated rings. The van der Waals surface area contributed by atoms with Gasteiger partial charge in [-0.3, -0.25) is 4.79 Å². The number of aliphatic carboxylic acids is 1. The summed E-state index contributed by atoms with van der Waals surface area (Å²) in [6.45, 7) is 6.54. The van der Waals surface area contributed by atoms with Gasteiger partial charge in [0.05, 0.1) is 0 Å². The molecule has 0 aliphatic rings. The molecule has 4 aromatic rings. The van der Waals surface area contributed by atoms with Crippen LogP contribution in [0.3, 0.4) is 0 Å². The monoisotopic (exact) mass is 477 g/mol. The fourth-order valence-corrected chi connectivity index (χ4v) is 4.12. The molecule has 0 spiro atoms. The van der Waals surface area contributed by atoms with E-state index in [0.29, 0.717) is 5.56 Å². The number of hydrogen-bond donors (Lipinski definition) is 2. The lowest BCUT2D eigenvalue weighted by Crippen LogP contribution is -2.42. The van der Waals surface area contributed by atoms with Gasteiger partial charge in [-0.1, -0.05) is 112 Å². The summed E-state index contributed by atoms with van der Waals surface area (Å²) in [5.74, 6) is -1.47. The maximum absolute atomic E-state index is 12.8. The number of carboxylic acid groups (broad SMARTS) is 1. The van der Waals surface area contributed by atoms with Crippen molar-refractivity contribution in [2.45, 2.75) is 38.6 Å². The van der Waals surface area contributed by atoms with Crippen LogP contribution in [0.2, 0.25) is 0 Å². The largest absolute Gasteiger partial charge is 0.480 e. The van der Waals surface area contributed by atoms with Crippen molar-refractivity contribution in [3.8, 4) is 22.3 Å². The highest BCUT2D eigenvalue weighted by Crippen LogP contribution is 2.26.